The molecule has 0 aliphatic heterocycles. The topological polar surface area (TPSA) is 17.1 Å². The fourth-order valence-corrected chi connectivity index (χ4v) is 0.845. The summed E-state index contributed by atoms with van der Waals surface area (Å²) in [7, 11) is 0. The zero-order chi connectivity index (χ0) is 8.97. The van der Waals surface area contributed by atoms with Gasteiger partial charge in [0.2, 0.25) is 0 Å². The highest BCUT2D eigenvalue weighted by molar-refractivity contribution is 5.75. The van der Waals surface area contributed by atoms with Gasteiger partial charge in [-0.15, -0.1) is 5.92 Å². The number of hydrogen-bond acceptors (Lipinski definition) is 1. The maximum absolute atomic E-state index is 12.9. The van der Waals surface area contributed by atoms with Crippen molar-refractivity contribution < 1.29 is 9.18 Å². The third-order valence-electron chi connectivity index (χ3n) is 1.40. The normalized spacial score (nSPS) is 8.50. The Morgan fingerprint density at radius 1 is 1.50 bits per heavy atom. The number of rotatable bonds is 1. The predicted molar refractivity (Wildman–Crippen MR) is 44.3 cm³/mol. The molecule has 0 heterocycles. The molecule has 0 amide bonds. The molecule has 1 aromatic carbocycles. The summed E-state index contributed by atoms with van der Waals surface area (Å²) in [5, 5.41) is 0. The Kier molecular flexibility index (Phi) is 2.60. The van der Waals surface area contributed by atoms with Gasteiger partial charge in [0.25, 0.3) is 0 Å². The molecule has 0 bridgehead atoms. The quantitative estimate of drug-likeness (QED) is 0.456. The molecule has 0 radical (unpaired) electrons. The van der Waals surface area contributed by atoms with Crippen LogP contribution in [0.3, 0.4) is 0 Å². The van der Waals surface area contributed by atoms with E-state index in [1.54, 1.807) is 13.0 Å². The molecule has 12 heavy (non-hydrogen) atoms. The molecule has 0 aliphatic carbocycles. The molecule has 0 aromatic heterocycles. The lowest BCUT2D eigenvalue weighted by atomic mass is 10.1. The van der Waals surface area contributed by atoms with E-state index in [0.717, 1.165) is 0 Å². The Bertz CT molecular complexity index is 358. The van der Waals surface area contributed by atoms with Crippen molar-refractivity contribution in [2.24, 2.45) is 0 Å². The predicted octanol–water partition coefficient (Wildman–Crippen LogP) is 2.01. The highest BCUT2D eigenvalue weighted by Crippen LogP contribution is 2.07. The van der Waals surface area contributed by atoms with Gasteiger partial charge in [-0.2, -0.15) is 0 Å². The summed E-state index contributed by atoms with van der Waals surface area (Å²) in [4.78, 5) is 10.2. The van der Waals surface area contributed by atoms with E-state index in [1.807, 2.05) is 0 Å². The Balaban J connectivity index is 3.15. The van der Waals surface area contributed by atoms with Gasteiger partial charge in [0.05, 0.1) is 5.56 Å². The van der Waals surface area contributed by atoms with Gasteiger partial charge in [-0.1, -0.05) is 5.92 Å². The van der Waals surface area contributed by atoms with Gasteiger partial charge in [0, 0.05) is 5.56 Å². The zero-order valence-corrected chi connectivity index (χ0v) is 6.60. The van der Waals surface area contributed by atoms with Gasteiger partial charge >= 0.3 is 0 Å². The van der Waals surface area contributed by atoms with E-state index in [9.17, 15) is 9.18 Å². The molecule has 0 saturated carbocycles. The molecule has 0 N–H and O–H groups in total. The third-order valence-corrected chi connectivity index (χ3v) is 1.40. The third kappa shape index (κ3) is 1.70. The second-order valence-corrected chi connectivity index (χ2v) is 2.23. The molecule has 60 valence electrons. The minimum Gasteiger partial charge on any atom is -0.298 e. The average molecular weight is 162 g/mol. The molecule has 0 aliphatic rings. The Labute approximate surface area is 70.2 Å². The molecule has 1 nitrogen and oxygen atoms in total. The van der Waals surface area contributed by atoms with E-state index in [-0.39, 0.29) is 5.56 Å². The van der Waals surface area contributed by atoms with Gasteiger partial charge < -0.3 is 0 Å². The molecule has 0 saturated heterocycles. The molecular formula is C10H7FO. The van der Waals surface area contributed by atoms with Gasteiger partial charge in [0.1, 0.15) is 5.82 Å². The van der Waals surface area contributed by atoms with Crippen molar-refractivity contribution in [3.05, 3.63) is 35.1 Å². The number of carbonyl (C=O) groups is 1. The summed E-state index contributed by atoms with van der Waals surface area (Å²) in [5.74, 6) is 4.81. The van der Waals surface area contributed by atoms with E-state index in [4.69, 9.17) is 0 Å². The fraction of sp³-hybridized carbons (Fsp3) is 0.100. The van der Waals surface area contributed by atoms with Crippen LogP contribution in [0.25, 0.3) is 0 Å². The van der Waals surface area contributed by atoms with Crippen molar-refractivity contribution in [1.29, 1.82) is 0 Å². The van der Waals surface area contributed by atoms with E-state index in [1.165, 1.54) is 12.1 Å². The zero-order valence-electron chi connectivity index (χ0n) is 6.60. The molecule has 0 unspecified atom stereocenters. The van der Waals surface area contributed by atoms with Crippen molar-refractivity contribution in [3.8, 4) is 11.8 Å². The van der Waals surface area contributed by atoms with Crippen LogP contribution >= 0.6 is 0 Å². The lowest BCUT2D eigenvalue weighted by Gasteiger charge is -1.93. The summed E-state index contributed by atoms with van der Waals surface area (Å²) >= 11 is 0. The number of hydrogen-bond donors (Lipinski definition) is 0. The standard InChI is InChI=1S/C10H7FO/c1-2-3-8-4-5-9(7-12)10(11)6-8/h4-7H,1H3. The molecule has 1 aromatic rings. The first-order valence-corrected chi connectivity index (χ1v) is 3.45. The second-order valence-electron chi connectivity index (χ2n) is 2.23. The Morgan fingerprint density at radius 3 is 2.75 bits per heavy atom. The molecule has 0 spiro atoms. The van der Waals surface area contributed by atoms with Crippen LogP contribution in [0.15, 0.2) is 18.2 Å². The van der Waals surface area contributed by atoms with Crippen LogP contribution in [-0.2, 0) is 0 Å². The summed E-state index contributed by atoms with van der Waals surface area (Å²) in [5.41, 5.74) is 0.650. The van der Waals surface area contributed by atoms with E-state index >= 15 is 0 Å². The van der Waals surface area contributed by atoms with Gasteiger partial charge in [-0.3, -0.25) is 4.79 Å². The van der Waals surface area contributed by atoms with Gasteiger partial charge in [-0.05, 0) is 25.1 Å². The number of halogens is 1. The summed E-state index contributed by atoms with van der Waals surface area (Å²) in [6.07, 6.45) is 0.485. The van der Waals surface area contributed by atoms with Gasteiger partial charge in [0.15, 0.2) is 6.29 Å². The van der Waals surface area contributed by atoms with E-state index in [0.29, 0.717) is 11.8 Å². The summed E-state index contributed by atoms with van der Waals surface area (Å²) < 4.78 is 12.9. The Morgan fingerprint density at radius 2 is 2.25 bits per heavy atom. The van der Waals surface area contributed by atoms with Crippen LogP contribution in [-0.4, -0.2) is 6.29 Å². The molecular weight excluding hydrogens is 155 g/mol. The van der Waals surface area contributed by atoms with Crippen molar-refractivity contribution >= 4 is 6.29 Å². The fourth-order valence-electron chi connectivity index (χ4n) is 0.845. The monoisotopic (exact) mass is 162 g/mol. The maximum Gasteiger partial charge on any atom is 0.152 e. The lowest BCUT2D eigenvalue weighted by Crippen LogP contribution is -1.87. The van der Waals surface area contributed by atoms with Crippen LogP contribution in [0.4, 0.5) is 4.39 Å². The SMILES string of the molecule is CC#Cc1ccc(C=O)c(F)c1. The maximum atomic E-state index is 12.9. The van der Waals surface area contributed by atoms with Crippen molar-refractivity contribution in [3.63, 3.8) is 0 Å². The molecule has 2 heteroatoms. The molecule has 1 rings (SSSR count). The molecule has 0 atom stereocenters. The highest BCUT2D eigenvalue weighted by Gasteiger charge is 1.99. The van der Waals surface area contributed by atoms with Crippen LogP contribution in [0.2, 0.25) is 0 Å². The van der Waals surface area contributed by atoms with E-state index in [2.05, 4.69) is 11.8 Å². The van der Waals surface area contributed by atoms with Crippen molar-refractivity contribution in [2.75, 3.05) is 0 Å². The first-order valence-electron chi connectivity index (χ1n) is 3.45. The number of benzene rings is 1. The Hall–Kier alpha value is -1.62. The minimum absolute atomic E-state index is 0.0663. The average Bonchev–Trinajstić information content (AvgIpc) is 2.05. The largest absolute Gasteiger partial charge is 0.298 e. The van der Waals surface area contributed by atoms with Crippen LogP contribution in [0, 0.1) is 17.7 Å². The lowest BCUT2D eigenvalue weighted by molar-refractivity contribution is 0.112. The van der Waals surface area contributed by atoms with Crippen molar-refractivity contribution in [1.82, 2.24) is 0 Å². The van der Waals surface area contributed by atoms with Gasteiger partial charge in [-0.25, -0.2) is 4.39 Å². The van der Waals surface area contributed by atoms with Crippen molar-refractivity contribution in [2.45, 2.75) is 6.92 Å². The summed E-state index contributed by atoms with van der Waals surface area (Å²) in [6.45, 7) is 1.67. The first kappa shape index (κ1) is 8.48. The smallest absolute Gasteiger partial charge is 0.152 e. The minimum atomic E-state index is -0.523. The molecule has 0 fully saturated rings. The van der Waals surface area contributed by atoms with Crippen LogP contribution in [0.5, 0.6) is 0 Å². The second kappa shape index (κ2) is 3.68. The van der Waals surface area contributed by atoms with Crippen LogP contribution < -0.4 is 0 Å². The first-order chi connectivity index (χ1) is 5.77. The number of aldehydes is 1. The number of carbonyl (C=O) groups excluding carboxylic acids is 1. The summed E-state index contributed by atoms with van der Waals surface area (Å²) in [6, 6.07) is 4.28. The highest BCUT2D eigenvalue weighted by atomic mass is 19.1. The van der Waals surface area contributed by atoms with E-state index < -0.39 is 5.82 Å². The van der Waals surface area contributed by atoms with Crippen LogP contribution in [0.1, 0.15) is 22.8 Å².